The molecular formula is C27H31N3O4S. The molecule has 1 saturated carbocycles. The highest BCUT2D eigenvalue weighted by atomic mass is 32.2. The molecule has 0 aromatic heterocycles. The lowest BCUT2D eigenvalue weighted by molar-refractivity contribution is -0.176. The third-order valence-electron chi connectivity index (χ3n) is 6.48. The van der Waals surface area contributed by atoms with Gasteiger partial charge in [0.1, 0.15) is 0 Å². The molecule has 2 heterocycles. The summed E-state index contributed by atoms with van der Waals surface area (Å²) in [5.74, 6) is -0.901. The third-order valence-corrected chi connectivity index (χ3v) is 7.30. The number of aromatic carboxylic acids is 1. The average molecular weight is 494 g/mol. The Kier molecular flexibility index (Phi) is 8.65. The Labute approximate surface area is 209 Å². The van der Waals surface area contributed by atoms with Gasteiger partial charge >= 0.3 is 5.97 Å². The number of hydrogen-bond acceptors (Lipinski definition) is 7. The minimum atomic E-state index is -0.901. The Bertz CT molecular complexity index is 1140. The van der Waals surface area contributed by atoms with E-state index in [0.717, 1.165) is 45.3 Å². The normalized spacial score (nSPS) is 15.5. The van der Waals surface area contributed by atoms with E-state index in [1.165, 1.54) is 38.5 Å². The fraction of sp³-hybridized carbons (Fsp3) is 0.296. The summed E-state index contributed by atoms with van der Waals surface area (Å²) in [6.45, 7) is 1.41. The number of hydrogen-bond donors (Lipinski definition) is 5. The molecule has 3 aliphatic rings. The molecular weight excluding hydrogens is 462 g/mol. The quantitative estimate of drug-likeness (QED) is 0.147. The highest BCUT2D eigenvalue weighted by molar-refractivity contribution is 7.97. The predicted molar refractivity (Wildman–Crippen MR) is 142 cm³/mol. The Morgan fingerprint density at radius 3 is 2.20 bits per heavy atom. The van der Waals surface area contributed by atoms with E-state index in [4.69, 9.17) is 10.5 Å². The van der Waals surface area contributed by atoms with Crippen molar-refractivity contribution in [2.75, 3.05) is 16.9 Å². The highest BCUT2D eigenvalue weighted by Gasteiger charge is 2.24. The maximum Gasteiger partial charge on any atom is 0.335 e. The fourth-order valence-corrected chi connectivity index (χ4v) is 5.49. The van der Waals surface area contributed by atoms with Gasteiger partial charge in [-0.25, -0.2) is 9.52 Å². The van der Waals surface area contributed by atoms with E-state index < -0.39 is 5.97 Å². The monoisotopic (exact) mass is 493 g/mol. The number of anilines is 3. The summed E-state index contributed by atoms with van der Waals surface area (Å²) in [4.78, 5) is 14.8. The van der Waals surface area contributed by atoms with E-state index >= 15 is 0 Å². The van der Waals surface area contributed by atoms with Crippen molar-refractivity contribution >= 4 is 35.0 Å². The van der Waals surface area contributed by atoms with Gasteiger partial charge in [0.05, 0.1) is 17.9 Å². The molecule has 8 heteroatoms. The lowest BCUT2D eigenvalue weighted by Gasteiger charge is -2.33. The summed E-state index contributed by atoms with van der Waals surface area (Å²) in [5, 5.41) is 24.8. The van der Waals surface area contributed by atoms with Gasteiger partial charge in [-0.1, -0.05) is 62.8 Å². The second-order valence-electron chi connectivity index (χ2n) is 8.69. The number of carboxylic acids is 1. The second-order valence-corrected chi connectivity index (χ2v) is 9.62. The molecule has 0 bridgehead atoms. The van der Waals surface area contributed by atoms with Gasteiger partial charge in [-0.3, -0.25) is 10.5 Å². The van der Waals surface area contributed by atoms with Crippen molar-refractivity contribution in [1.82, 2.24) is 4.72 Å². The molecule has 3 aromatic rings. The van der Waals surface area contributed by atoms with Crippen LogP contribution in [-0.2, 0) is 6.54 Å². The van der Waals surface area contributed by atoms with E-state index in [2.05, 4.69) is 39.2 Å². The number of benzene rings is 3. The first-order valence-electron chi connectivity index (χ1n) is 11.9. The van der Waals surface area contributed by atoms with Gasteiger partial charge < -0.3 is 15.3 Å². The molecule has 0 radical (unpaired) electrons. The molecule has 1 fully saturated rings. The van der Waals surface area contributed by atoms with E-state index in [-0.39, 0.29) is 0 Å². The Morgan fingerprint density at radius 2 is 1.54 bits per heavy atom. The van der Waals surface area contributed by atoms with E-state index in [0.29, 0.717) is 12.1 Å². The first-order valence-corrected chi connectivity index (χ1v) is 12.7. The summed E-state index contributed by atoms with van der Waals surface area (Å²) in [7, 11) is 0. The number of nitrogens with one attached hydrogen (secondary N) is 2. The molecule has 5 N–H and O–H groups in total. The third kappa shape index (κ3) is 5.79. The van der Waals surface area contributed by atoms with Gasteiger partial charge in [0.25, 0.3) is 0 Å². The van der Waals surface area contributed by atoms with Crippen LogP contribution in [0, 0.1) is 0 Å². The molecule has 2 aliphatic heterocycles. The summed E-state index contributed by atoms with van der Waals surface area (Å²) >= 11 is 1.61. The molecule has 35 heavy (non-hydrogen) atoms. The van der Waals surface area contributed by atoms with E-state index in [1.54, 1.807) is 24.1 Å². The molecule has 184 valence electrons. The van der Waals surface area contributed by atoms with Crippen molar-refractivity contribution < 1.29 is 20.4 Å². The van der Waals surface area contributed by atoms with Crippen LogP contribution in [0.15, 0.2) is 65.6 Å². The van der Waals surface area contributed by atoms with E-state index in [9.17, 15) is 9.90 Å². The Balaban J connectivity index is 0.000000313. The molecule has 0 spiro atoms. The van der Waals surface area contributed by atoms with Crippen LogP contribution in [0.2, 0.25) is 0 Å². The number of carboxylic acid groups (broad SMARTS) is 1. The minimum absolute atomic E-state index is 0.316. The first-order chi connectivity index (χ1) is 17.2. The molecule has 3 aromatic carbocycles. The number of para-hydroxylation sites is 1. The Hall–Kier alpha value is -3.04. The van der Waals surface area contributed by atoms with E-state index in [1.807, 2.05) is 24.3 Å². The zero-order valence-corrected chi connectivity index (χ0v) is 20.4. The smallest absolute Gasteiger partial charge is 0.335 e. The van der Waals surface area contributed by atoms with Gasteiger partial charge in [-0.05, 0) is 59.5 Å². The molecule has 0 saturated heterocycles. The zero-order chi connectivity index (χ0) is 24.6. The number of nitrogens with zero attached hydrogens (tertiary/aromatic N) is 1. The molecule has 0 atom stereocenters. The molecule has 1 aliphatic carbocycles. The summed E-state index contributed by atoms with van der Waals surface area (Å²) in [5.41, 5.74) is 6.78. The number of rotatable bonds is 2. The summed E-state index contributed by atoms with van der Waals surface area (Å²) in [6.07, 6.45) is 9.00. The van der Waals surface area contributed by atoms with Crippen molar-refractivity contribution in [2.45, 2.75) is 50.0 Å². The molecule has 0 unspecified atom stereocenters. The highest BCUT2D eigenvalue weighted by Crippen LogP contribution is 2.45. The number of carbonyl (C=O) groups is 1. The van der Waals surface area contributed by atoms with Crippen molar-refractivity contribution in [3.8, 4) is 11.1 Å². The lowest BCUT2D eigenvalue weighted by atomic mass is 9.92. The van der Waals surface area contributed by atoms with Gasteiger partial charge in [0.15, 0.2) is 0 Å². The largest absolute Gasteiger partial charge is 0.478 e. The van der Waals surface area contributed by atoms with Crippen molar-refractivity contribution in [2.24, 2.45) is 0 Å². The van der Waals surface area contributed by atoms with Gasteiger partial charge in [0.2, 0.25) is 0 Å². The minimum Gasteiger partial charge on any atom is -0.478 e. The topological polar surface area (TPSA) is 105 Å². The van der Waals surface area contributed by atoms with Crippen LogP contribution >= 0.6 is 11.9 Å². The number of fused-ring (bicyclic) bond motifs is 4. The second kappa shape index (κ2) is 12.1. The van der Waals surface area contributed by atoms with Gasteiger partial charge in [0, 0.05) is 28.4 Å². The lowest BCUT2D eigenvalue weighted by Crippen LogP contribution is -2.31. The predicted octanol–water partition coefficient (Wildman–Crippen LogP) is 7.04. The molecule has 6 rings (SSSR count). The molecule has 7 nitrogen and oxygen atoms in total. The van der Waals surface area contributed by atoms with Gasteiger partial charge in [-0.15, -0.1) is 0 Å². The standard InChI is InChI=1S/C21H17N3O2S.C6H12.H2O2/c25-21(26)13-6-7-14-11-22-18-10-19-20(9-17(18)16(14)8-13)27-23-12-24(19)15-4-2-1-3-5-15;1-2-4-6-5-3-1;1-2/h1-10,22-23H,11-12H2,(H,25,26);1-6H2;1-2H. The summed E-state index contributed by atoms with van der Waals surface area (Å²) < 4.78 is 3.38. The maximum absolute atomic E-state index is 11.4. The van der Waals surface area contributed by atoms with Crippen molar-refractivity contribution in [3.05, 3.63) is 71.8 Å². The van der Waals surface area contributed by atoms with Crippen LogP contribution in [0.4, 0.5) is 17.1 Å². The van der Waals surface area contributed by atoms with Crippen LogP contribution in [0.1, 0.15) is 54.4 Å². The zero-order valence-electron chi connectivity index (χ0n) is 19.5. The fourth-order valence-electron chi connectivity index (χ4n) is 4.69. The SMILES string of the molecule is C1CCCCC1.O=C(O)c1ccc2c(c1)-c1cc3c(cc1NC2)N(c1ccccc1)CNS3.OO. The van der Waals surface area contributed by atoms with Crippen LogP contribution in [0.3, 0.4) is 0 Å². The van der Waals surface area contributed by atoms with Crippen LogP contribution in [-0.4, -0.2) is 28.3 Å². The Morgan fingerprint density at radius 1 is 0.857 bits per heavy atom. The average Bonchev–Trinajstić information content (AvgIpc) is 2.94. The molecule has 0 amide bonds. The van der Waals surface area contributed by atoms with Crippen molar-refractivity contribution in [1.29, 1.82) is 0 Å². The first kappa shape index (κ1) is 25.1. The van der Waals surface area contributed by atoms with Crippen LogP contribution in [0.5, 0.6) is 0 Å². The van der Waals surface area contributed by atoms with Crippen LogP contribution in [0.25, 0.3) is 11.1 Å². The van der Waals surface area contributed by atoms with Crippen LogP contribution < -0.4 is 14.9 Å². The van der Waals surface area contributed by atoms with Gasteiger partial charge in [-0.2, -0.15) is 0 Å². The maximum atomic E-state index is 11.4. The summed E-state index contributed by atoms with van der Waals surface area (Å²) in [6, 6.07) is 20.0. The van der Waals surface area contributed by atoms with Crippen molar-refractivity contribution in [3.63, 3.8) is 0 Å².